The van der Waals surface area contributed by atoms with E-state index < -0.39 is 0 Å². The van der Waals surface area contributed by atoms with Crippen molar-refractivity contribution in [1.82, 2.24) is 9.78 Å². The van der Waals surface area contributed by atoms with Gasteiger partial charge in [-0.3, -0.25) is 9.59 Å². The molecule has 4 rings (SSSR count). The Morgan fingerprint density at radius 2 is 1.85 bits per heavy atom. The summed E-state index contributed by atoms with van der Waals surface area (Å²) in [5.74, 6) is 0.0256. The van der Waals surface area contributed by atoms with Gasteiger partial charge in [0, 0.05) is 17.3 Å². The number of nitrogens with one attached hydrogen (secondary N) is 1. The first kappa shape index (κ1) is 16.4. The van der Waals surface area contributed by atoms with Crippen molar-refractivity contribution in [1.29, 1.82) is 0 Å². The maximum Gasteiger partial charge on any atom is 0.244 e. The van der Waals surface area contributed by atoms with Crippen LogP contribution in [0.15, 0.2) is 71.9 Å². The molecule has 2 aromatic carbocycles. The summed E-state index contributed by atoms with van der Waals surface area (Å²) >= 11 is 1.50. The quantitative estimate of drug-likeness (QED) is 0.773. The second-order valence-corrected chi connectivity index (χ2v) is 6.77. The summed E-state index contributed by atoms with van der Waals surface area (Å²) in [5, 5.41) is 7.11. The molecule has 0 fully saturated rings. The number of hydrogen-bond acceptors (Lipinski definition) is 4. The van der Waals surface area contributed by atoms with E-state index >= 15 is 0 Å². The average Bonchev–Trinajstić information content (AvgIpc) is 3.19. The molecule has 7 heteroatoms. The molecule has 1 aliphatic rings. The highest BCUT2D eigenvalue weighted by atomic mass is 32.2. The van der Waals surface area contributed by atoms with Crippen LogP contribution in [0.5, 0.6) is 0 Å². The van der Waals surface area contributed by atoms with Crippen molar-refractivity contribution in [2.75, 3.05) is 22.5 Å². The molecule has 0 saturated heterocycles. The largest absolute Gasteiger partial charge is 0.323 e. The van der Waals surface area contributed by atoms with Crippen molar-refractivity contribution in [2.24, 2.45) is 0 Å². The van der Waals surface area contributed by atoms with Gasteiger partial charge in [-0.15, -0.1) is 11.8 Å². The minimum Gasteiger partial charge on any atom is -0.323 e. The number of hydrogen-bond donors (Lipinski definition) is 1. The number of benzene rings is 2. The number of fused-ring (bicyclic) bond motifs is 1. The van der Waals surface area contributed by atoms with Gasteiger partial charge < -0.3 is 10.2 Å². The Labute approximate surface area is 154 Å². The smallest absolute Gasteiger partial charge is 0.244 e. The fourth-order valence-corrected chi connectivity index (χ4v) is 3.79. The van der Waals surface area contributed by atoms with Crippen LogP contribution >= 0.6 is 11.8 Å². The maximum atomic E-state index is 12.6. The summed E-state index contributed by atoms with van der Waals surface area (Å²) in [7, 11) is 0. The molecule has 26 heavy (non-hydrogen) atoms. The average molecular weight is 364 g/mol. The topological polar surface area (TPSA) is 67.2 Å². The highest BCUT2D eigenvalue weighted by Gasteiger charge is 2.26. The molecule has 1 aromatic heterocycles. The van der Waals surface area contributed by atoms with Crippen LogP contribution in [-0.2, 0) is 9.59 Å². The molecule has 0 spiro atoms. The molecule has 2 heterocycles. The van der Waals surface area contributed by atoms with Crippen LogP contribution in [0.2, 0.25) is 0 Å². The van der Waals surface area contributed by atoms with E-state index in [0.717, 1.165) is 16.3 Å². The molecular weight excluding hydrogens is 348 g/mol. The normalized spacial score (nSPS) is 13.4. The monoisotopic (exact) mass is 364 g/mol. The van der Waals surface area contributed by atoms with Crippen molar-refractivity contribution < 1.29 is 9.59 Å². The molecule has 0 unspecified atom stereocenters. The number of amides is 2. The van der Waals surface area contributed by atoms with Gasteiger partial charge in [-0.2, -0.15) is 5.10 Å². The Bertz CT molecular complexity index is 956. The lowest BCUT2D eigenvalue weighted by Crippen LogP contribution is -2.41. The first-order valence-corrected chi connectivity index (χ1v) is 9.12. The lowest BCUT2D eigenvalue weighted by molar-refractivity contribution is -0.120. The zero-order valence-electron chi connectivity index (χ0n) is 13.8. The summed E-state index contributed by atoms with van der Waals surface area (Å²) in [4.78, 5) is 27.5. The fourth-order valence-electron chi connectivity index (χ4n) is 2.85. The third-order valence-corrected chi connectivity index (χ3v) is 5.09. The minimum absolute atomic E-state index is 0.0240. The van der Waals surface area contributed by atoms with Crippen LogP contribution in [0.1, 0.15) is 0 Å². The third-order valence-electron chi connectivity index (χ3n) is 4.04. The molecule has 2 amide bonds. The van der Waals surface area contributed by atoms with E-state index in [-0.39, 0.29) is 18.4 Å². The van der Waals surface area contributed by atoms with E-state index in [0.29, 0.717) is 11.4 Å². The highest BCUT2D eigenvalue weighted by Crippen LogP contribution is 2.34. The highest BCUT2D eigenvalue weighted by molar-refractivity contribution is 8.00. The van der Waals surface area contributed by atoms with Gasteiger partial charge in [-0.05, 0) is 30.3 Å². The van der Waals surface area contributed by atoms with E-state index in [1.165, 1.54) is 16.7 Å². The van der Waals surface area contributed by atoms with Gasteiger partial charge in [0.1, 0.15) is 6.54 Å². The number of nitrogens with zero attached hydrogens (tertiary/aromatic N) is 3. The molecule has 0 aliphatic carbocycles. The first-order chi connectivity index (χ1) is 12.7. The Kier molecular flexibility index (Phi) is 4.45. The molecule has 3 aromatic rings. The number of anilines is 2. The van der Waals surface area contributed by atoms with Gasteiger partial charge in [0.15, 0.2) is 0 Å². The standard InChI is InChI=1S/C19H16N4O2S/c24-18(12-22-16-8-3-4-9-17(16)26-13-19(22)25)21-14-6-1-2-7-15(14)23-11-5-10-20-23/h1-11H,12-13H2,(H,21,24). The Hall–Kier alpha value is -3.06. The number of carbonyl (C=O) groups excluding carboxylic acids is 2. The third kappa shape index (κ3) is 3.21. The number of thioether (sulfide) groups is 1. The van der Waals surface area contributed by atoms with Crippen LogP contribution < -0.4 is 10.2 Å². The van der Waals surface area contributed by atoms with E-state index in [2.05, 4.69) is 10.4 Å². The summed E-state index contributed by atoms with van der Waals surface area (Å²) in [6, 6.07) is 16.9. The molecular formula is C19H16N4O2S. The molecule has 0 radical (unpaired) electrons. The summed E-state index contributed by atoms with van der Waals surface area (Å²) in [6.45, 7) is -0.0240. The van der Waals surface area contributed by atoms with Crippen LogP contribution in [0, 0.1) is 0 Å². The molecule has 6 nitrogen and oxygen atoms in total. The maximum absolute atomic E-state index is 12.6. The van der Waals surface area contributed by atoms with Gasteiger partial charge in [-0.1, -0.05) is 24.3 Å². The zero-order valence-corrected chi connectivity index (χ0v) is 14.6. The van der Waals surface area contributed by atoms with Gasteiger partial charge in [0.2, 0.25) is 11.8 Å². The van der Waals surface area contributed by atoms with Crippen molar-refractivity contribution in [2.45, 2.75) is 4.90 Å². The summed E-state index contributed by atoms with van der Waals surface area (Å²) < 4.78 is 1.69. The van der Waals surface area contributed by atoms with Gasteiger partial charge in [-0.25, -0.2) is 4.68 Å². The Morgan fingerprint density at radius 1 is 1.08 bits per heavy atom. The van der Waals surface area contributed by atoms with Crippen LogP contribution in [0.4, 0.5) is 11.4 Å². The molecule has 1 aliphatic heterocycles. The van der Waals surface area contributed by atoms with Crippen molar-refractivity contribution in [3.8, 4) is 5.69 Å². The fraction of sp³-hybridized carbons (Fsp3) is 0.105. The zero-order chi connectivity index (χ0) is 17.9. The first-order valence-electron chi connectivity index (χ1n) is 8.13. The predicted molar refractivity (Wildman–Crippen MR) is 102 cm³/mol. The molecule has 0 atom stereocenters. The second kappa shape index (κ2) is 7.05. The second-order valence-electron chi connectivity index (χ2n) is 5.75. The Balaban J connectivity index is 1.55. The van der Waals surface area contributed by atoms with E-state index in [1.807, 2.05) is 60.8 Å². The number of para-hydroxylation sites is 3. The summed E-state index contributed by atoms with van der Waals surface area (Å²) in [5.41, 5.74) is 2.20. The van der Waals surface area contributed by atoms with Crippen molar-refractivity contribution in [3.63, 3.8) is 0 Å². The Morgan fingerprint density at radius 3 is 2.65 bits per heavy atom. The van der Waals surface area contributed by atoms with Crippen LogP contribution in [0.25, 0.3) is 5.69 Å². The van der Waals surface area contributed by atoms with E-state index in [9.17, 15) is 9.59 Å². The number of aromatic nitrogens is 2. The lowest BCUT2D eigenvalue weighted by Gasteiger charge is -2.28. The van der Waals surface area contributed by atoms with E-state index in [4.69, 9.17) is 0 Å². The SMILES string of the molecule is O=C(CN1C(=O)CSc2ccccc21)Nc1ccccc1-n1cccn1. The van der Waals surface area contributed by atoms with Crippen molar-refractivity contribution in [3.05, 3.63) is 67.0 Å². The van der Waals surface area contributed by atoms with Gasteiger partial charge in [0.05, 0.1) is 22.8 Å². The van der Waals surface area contributed by atoms with E-state index in [1.54, 1.807) is 10.9 Å². The summed E-state index contributed by atoms with van der Waals surface area (Å²) in [6.07, 6.45) is 3.49. The van der Waals surface area contributed by atoms with Gasteiger partial charge in [0.25, 0.3) is 0 Å². The van der Waals surface area contributed by atoms with Crippen LogP contribution in [-0.4, -0.2) is 33.9 Å². The lowest BCUT2D eigenvalue weighted by atomic mass is 10.2. The number of rotatable bonds is 4. The van der Waals surface area contributed by atoms with Crippen molar-refractivity contribution >= 4 is 35.0 Å². The molecule has 0 saturated carbocycles. The molecule has 0 bridgehead atoms. The number of carbonyl (C=O) groups is 2. The van der Waals surface area contributed by atoms with Gasteiger partial charge >= 0.3 is 0 Å². The molecule has 130 valence electrons. The predicted octanol–water partition coefficient (Wildman–Crippen LogP) is 2.95. The minimum atomic E-state index is -0.250. The van der Waals surface area contributed by atoms with Crippen LogP contribution in [0.3, 0.4) is 0 Å². The molecule has 1 N–H and O–H groups in total.